The van der Waals surface area contributed by atoms with Crippen LogP contribution >= 0.6 is 46.4 Å². The van der Waals surface area contributed by atoms with E-state index in [2.05, 4.69) is 31.1 Å². The van der Waals surface area contributed by atoms with E-state index in [-0.39, 0.29) is 31.3 Å². The molecule has 0 bridgehead atoms. The van der Waals surface area contributed by atoms with Crippen LogP contribution in [0.15, 0.2) is 18.2 Å². The van der Waals surface area contributed by atoms with Crippen LogP contribution in [-0.4, -0.2) is 18.0 Å². The van der Waals surface area contributed by atoms with E-state index in [9.17, 15) is 4.79 Å². The SMILES string of the molecule is COc1ccc(C(C)(C)C)cc1NC(=O)c1nc(Cl)c(Cl)c(Cl)c1Cl. The van der Waals surface area contributed by atoms with E-state index in [1.807, 2.05) is 12.1 Å². The van der Waals surface area contributed by atoms with Gasteiger partial charge >= 0.3 is 0 Å². The molecule has 1 amide bonds. The summed E-state index contributed by atoms with van der Waals surface area (Å²) in [6.07, 6.45) is 0. The van der Waals surface area contributed by atoms with Crippen molar-refractivity contribution in [1.82, 2.24) is 4.98 Å². The summed E-state index contributed by atoms with van der Waals surface area (Å²) < 4.78 is 5.31. The maximum atomic E-state index is 12.6. The Bertz CT molecular complexity index is 832. The first-order chi connectivity index (χ1) is 11.6. The van der Waals surface area contributed by atoms with Gasteiger partial charge in [0, 0.05) is 0 Å². The van der Waals surface area contributed by atoms with Crippen molar-refractivity contribution in [2.75, 3.05) is 12.4 Å². The summed E-state index contributed by atoms with van der Waals surface area (Å²) in [6.45, 7) is 6.20. The molecular weight excluding hydrogens is 406 g/mol. The molecule has 0 radical (unpaired) electrons. The van der Waals surface area contributed by atoms with E-state index in [0.717, 1.165) is 5.56 Å². The lowest BCUT2D eigenvalue weighted by molar-refractivity contribution is 0.102. The van der Waals surface area contributed by atoms with Crippen LogP contribution in [0.3, 0.4) is 0 Å². The number of benzene rings is 1. The molecule has 0 spiro atoms. The second kappa shape index (κ2) is 7.58. The average molecular weight is 422 g/mol. The third kappa shape index (κ3) is 4.32. The van der Waals surface area contributed by atoms with E-state index < -0.39 is 5.91 Å². The van der Waals surface area contributed by atoms with Crippen LogP contribution in [0.1, 0.15) is 36.8 Å². The van der Waals surface area contributed by atoms with E-state index in [1.54, 1.807) is 6.07 Å². The number of carbonyl (C=O) groups is 1. The number of carbonyl (C=O) groups excluding carboxylic acids is 1. The minimum Gasteiger partial charge on any atom is -0.495 e. The van der Waals surface area contributed by atoms with Gasteiger partial charge in [-0.05, 0) is 23.1 Å². The van der Waals surface area contributed by atoms with Crippen molar-refractivity contribution in [3.8, 4) is 5.75 Å². The first kappa shape index (κ1) is 20.1. The molecule has 0 saturated carbocycles. The zero-order valence-corrected chi connectivity index (χ0v) is 17.0. The molecule has 1 N–H and O–H groups in total. The first-order valence-electron chi connectivity index (χ1n) is 7.26. The van der Waals surface area contributed by atoms with Gasteiger partial charge in [-0.25, -0.2) is 4.98 Å². The van der Waals surface area contributed by atoms with Gasteiger partial charge in [0.2, 0.25) is 0 Å². The number of halogens is 4. The number of amides is 1. The molecule has 2 rings (SSSR count). The van der Waals surface area contributed by atoms with Gasteiger partial charge in [-0.3, -0.25) is 4.79 Å². The maximum Gasteiger partial charge on any atom is 0.276 e. The quantitative estimate of drug-likeness (QED) is 0.595. The van der Waals surface area contributed by atoms with Crippen molar-refractivity contribution >= 4 is 58.0 Å². The molecule has 0 saturated heterocycles. The van der Waals surface area contributed by atoms with Crippen LogP contribution < -0.4 is 10.1 Å². The zero-order valence-electron chi connectivity index (χ0n) is 14.0. The summed E-state index contributed by atoms with van der Waals surface area (Å²) in [5.74, 6) is -0.0709. The molecule has 0 aliphatic carbocycles. The standard InChI is InChI=1S/C17H16Cl4N2O2/c1-17(2,3)8-5-6-10(25-4)9(7-8)22-16(24)14-12(19)11(18)13(20)15(21)23-14/h5-7H,1-4H3,(H,22,24). The number of aromatic nitrogens is 1. The lowest BCUT2D eigenvalue weighted by atomic mass is 9.87. The van der Waals surface area contributed by atoms with Gasteiger partial charge < -0.3 is 10.1 Å². The second-order valence-electron chi connectivity index (χ2n) is 6.31. The van der Waals surface area contributed by atoms with Crippen LogP contribution in [0.25, 0.3) is 0 Å². The predicted octanol–water partition coefficient (Wildman–Crippen LogP) is 6.25. The van der Waals surface area contributed by atoms with Gasteiger partial charge in [0.05, 0.1) is 27.9 Å². The molecule has 1 heterocycles. The van der Waals surface area contributed by atoms with Gasteiger partial charge in [-0.15, -0.1) is 0 Å². The minimum atomic E-state index is -0.574. The van der Waals surface area contributed by atoms with Crippen LogP contribution in [0.5, 0.6) is 5.75 Å². The predicted molar refractivity (Wildman–Crippen MR) is 104 cm³/mol. The Morgan fingerprint density at radius 2 is 1.72 bits per heavy atom. The topological polar surface area (TPSA) is 51.2 Å². The minimum absolute atomic E-state index is 0.00260. The van der Waals surface area contributed by atoms with E-state index in [1.165, 1.54) is 7.11 Å². The Labute approximate surface area is 166 Å². The van der Waals surface area contributed by atoms with Crippen molar-refractivity contribution in [2.24, 2.45) is 0 Å². The van der Waals surface area contributed by atoms with Gasteiger partial charge in [-0.1, -0.05) is 73.2 Å². The lowest BCUT2D eigenvalue weighted by Gasteiger charge is -2.21. The van der Waals surface area contributed by atoms with Crippen LogP contribution in [-0.2, 0) is 5.41 Å². The number of methoxy groups -OCH3 is 1. The number of pyridine rings is 1. The number of ether oxygens (including phenoxy) is 1. The van der Waals surface area contributed by atoms with E-state index >= 15 is 0 Å². The number of rotatable bonds is 3. The Kier molecular flexibility index (Phi) is 6.10. The van der Waals surface area contributed by atoms with Crippen LogP contribution in [0.4, 0.5) is 5.69 Å². The average Bonchev–Trinajstić information content (AvgIpc) is 2.55. The second-order valence-corrected chi connectivity index (χ2v) is 7.80. The summed E-state index contributed by atoms with van der Waals surface area (Å²) >= 11 is 23.8. The number of anilines is 1. The monoisotopic (exact) mass is 420 g/mol. The fourth-order valence-electron chi connectivity index (χ4n) is 2.09. The lowest BCUT2D eigenvalue weighted by Crippen LogP contribution is -2.17. The third-order valence-corrected chi connectivity index (χ3v) is 5.19. The van der Waals surface area contributed by atoms with Crippen molar-refractivity contribution in [3.05, 3.63) is 49.7 Å². The Morgan fingerprint density at radius 3 is 2.28 bits per heavy atom. The Balaban J connectivity index is 2.45. The Hall–Kier alpha value is -1.20. The summed E-state index contributed by atoms with van der Waals surface area (Å²) in [6, 6.07) is 5.56. The largest absolute Gasteiger partial charge is 0.495 e. The van der Waals surface area contributed by atoms with Crippen molar-refractivity contribution in [3.63, 3.8) is 0 Å². The molecule has 0 fully saturated rings. The fourth-order valence-corrected chi connectivity index (χ4v) is 2.91. The van der Waals surface area contributed by atoms with Crippen molar-refractivity contribution in [1.29, 1.82) is 0 Å². The highest BCUT2D eigenvalue weighted by Crippen LogP contribution is 2.37. The molecule has 0 aliphatic heterocycles. The van der Waals surface area contributed by atoms with Gasteiger partial charge in [0.15, 0.2) is 0 Å². The summed E-state index contributed by atoms with van der Waals surface area (Å²) in [5, 5.41) is 2.54. The molecule has 4 nitrogen and oxygen atoms in total. The Morgan fingerprint density at radius 1 is 1.08 bits per heavy atom. The third-order valence-electron chi connectivity index (χ3n) is 3.51. The maximum absolute atomic E-state index is 12.6. The van der Waals surface area contributed by atoms with Gasteiger partial charge in [0.1, 0.15) is 16.6 Å². The highest BCUT2D eigenvalue weighted by Gasteiger charge is 2.22. The first-order valence-corrected chi connectivity index (χ1v) is 8.77. The normalized spacial score (nSPS) is 11.4. The molecule has 1 aromatic heterocycles. The van der Waals surface area contributed by atoms with Gasteiger partial charge in [-0.2, -0.15) is 0 Å². The van der Waals surface area contributed by atoms with Crippen molar-refractivity contribution in [2.45, 2.75) is 26.2 Å². The molecule has 8 heteroatoms. The van der Waals surface area contributed by atoms with E-state index in [0.29, 0.717) is 11.4 Å². The molecule has 1 aromatic carbocycles. The summed E-state index contributed by atoms with van der Waals surface area (Å²) in [4.78, 5) is 16.5. The highest BCUT2D eigenvalue weighted by atomic mass is 35.5. The van der Waals surface area contributed by atoms with Crippen molar-refractivity contribution < 1.29 is 9.53 Å². The molecule has 0 atom stereocenters. The number of hydrogen-bond donors (Lipinski definition) is 1. The van der Waals surface area contributed by atoms with E-state index in [4.69, 9.17) is 51.1 Å². The molecule has 0 aliphatic rings. The number of nitrogens with zero attached hydrogens (tertiary/aromatic N) is 1. The smallest absolute Gasteiger partial charge is 0.276 e. The molecule has 0 unspecified atom stereocenters. The summed E-state index contributed by atoms with van der Waals surface area (Å²) in [7, 11) is 1.52. The zero-order chi connectivity index (χ0) is 18.9. The molecular formula is C17H16Cl4N2O2. The number of hydrogen-bond acceptors (Lipinski definition) is 3. The van der Waals surface area contributed by atoms with Crippen LogP contribution in [0, 0.1) is 0 Å². The molecule has 25 heavy (non-hydrogen) atoms. The molecule has 134 valence electrons. The fraction of sp³-hybridized carbons (Fsp3) is 0.294. The number of nitrogens with one attached hydrogen (secondary N) is 1. The van der Waals surface area contributed by atoms with Crippen LogP contribution in [0.2, 0.25) is 20.2 Å². The van der Waals surface area contributed by atoms with Gasteiger partial charge in [0.25, 0.3) is 5.91 Å². The highest BCUT2D eigenvalue weighted by molar-refractivity contribution is 6.52. The molecule has 2 aromatic rings. The summed E-state index contributed by atoms with van der Waals surface area (Å²) in [5.41, 5.74) is 1.29.